The molecule has 0 N–H and O–H groups in total. The molecule has 2 aliphatic heterocycles. The normalized spacial score (nSPS) is 20.3. The summed E-state index contributed by atoms with van der Waals surface area (Å²) in [5, 5.41) is 1.16. The lowest BCUT2D eigenvalue weighted by atomic mass is 9.98. The largest absolute Gasteiger partial charge is 0.335 e. The average Bonchev–Trinajstić information content (AvgIpc) is 3.32. The maximum absolute atomic E-state index is 13.1. The zero-order valence-corrected chi connectivity index (χ0v) is 15.5. The third-order valence-corrected chi connectivity index (χ3v) is 6.76. The number of aromatic nitrogens is 3. The predicted molar refractivity (Wildman–Crippen MR) is 103 cm³/mol. The summed E-state index contributed by atoms with van der Waals surface area (Å²) < 4.78 is 3.36. The van der Waals surface area contributed by atoms with Gasteiger partial charge in [0.1, 0.15) is 0 Å². The molecule has 0 spiro atoms. The quantitative estimate of drug-likeness (QED) is 0.692. The van der Waals surface area contributed by atoms with Crippen LogP contribution in [0, 0.1) is 0 Å². The number of hydrogen-bond donors (Lipinski definition) is 0. The summed E-state index contributed by atoms with van der Waals surface area (Å²) in [4.78, 5) is 24.4. The van der Waals surface area contributed by atoms with Gasteiger partial charge in [-0.05, 0) is 44.2 Å². The molecule has 1 saturated heterocycles. The minimum Gasteiger partial charge on any atom is -0.335 e. The lowest BCUT2D eigenvalue weighted by Crippen LogP contribution is -2.40. The maximum atomic E-state index is 13.1. The molecule has 3 aromatic rings. The first-order valence-electron chi connectivity index (χ1n) is 9.49. The fraction of sp³-hybridized carbons (Fsp3) is 0.450. The molecule has 0 radical (unpaired) electrons. The zero-order valence-electron chi connectivity index (χ0n) is 14.7. The molecule has 0 saturated carbocycles. The molecule has 1 amide bonds. The second kappa shape index (κ2) is 6.50. The van der Waals surface area contributed by atoms with Crippen LogP contribution in [0.25, 0.3) is 10.2 Å². The summed E-state index contributed by atoms with van der Waals surface area (Å²) in [6.07, 6.45) is 7.39. The minimum absolute atomic E-state index is 0.0870. The SMILES string of the molecule is O=C(c1ncc2n1CCCC2)N1CCCC(c2nc3ccccc3s2)C1. The van der Waals surface area contributed by atoms with Crippen LogP contribution < -0.4 is 0 Å². The molecule has 1 unspecified atom stereocenters. The minimum atomic E-state index is 0.0870. The summed E-state index contributed by atoms with van der Waals surface area (Å²) >= 11 is 1.77. The molecule has 134 valence electrons. The fourth-order valence-electron chi connectivity index (χ4n) is 4.18. The number of hydrogen-bond acceptors (Lipinski definition) is 4. The highest BCUT2D eigenvalue weighted by Crippen LogP contribution is 2.33. The van der Waals surface area contributed by atoms with Crippen LogP contribution in [-0.4, -0.2) is 38.4 Å². The zero-order chi connectivity index (χ0) is 17.5. The van der Waals surface area contributed by atoms with Gasteiger partial charge in [0.2, 0.25) is 0 Å². The second-order valence-electron chi connectivity index (χ2n) is 7.29. The number of carbonyl (C=O) groups is 1. The molecule has 2 aliphatic rings. The Morgan fingerprint density at radius 3 is 3.00 bits per heavy atom. The summed E-state index contributed by atoms with van der Waals surface area (Å²) in [5.41, 5.74) is 2.28. The number of para-hydroxylation sites is 1. The Balaban J connectivity index is 1.38. The van der Waals surface area contributed by atoms with Crippen molar-refractivity contribution in [3.05, 3.63) is 47.0 Å². The van der Waals surface area contributed by atoms with Crippen LogP contribution in [0.3, 0.4) is 0 Å². The molecule has 6 heteroatoms. The average molecular weight is 366 g/mol. The van der Waals surface area contributed by atoms with E-state index in [-0.39, 0.29) is 5.91 Å². The van der Waals surface area contributed by atoms with Crippen molar-refractivity contribution in [3.8, 4) is 0 Å². The number of fused-ring (bicyclic) bond motifs is 2. The summed E-state index contributed by atoms with van der Waals surface area (Å²) in [5.74, 6) is 1.05. The predicted octanol–water partition coefficient (Wildman–Crippen LogP) is 3.85. The van der Waals surface area contributed by atoms with E-state index in [0.717, 1.165) is 55.8 Å². The third kappa shape index (κ3) is 2.72. The van der Waals surface area contributed by atoms with E-state index in [4.69, 9.17) is 4.98 Å². The maximum Gasteiger partial charge on any atom is 0.289 e. The van der Waals surface area contributed by atoms with Crippen molar-refractivity contribution >= 4 is 27.5 Å². The van der Waals surface area contributed by atoms with Crippen molar-refractivity contribution in [3.63, 3.8) is 0 Å². The van der Waals surface area contributed by atoms with Gasteiger partial charge in [-0.2, -0.15) is 0 Å². The number of carbonyl (C=O) groups excluding carboxylic acids is 1. The van der Waals surface area contributed by atoms with Crippen LogP contribution in [0.2, 0.25) is 0 Å². The Morgan fingerprint density at radius 1 is 1.15 bits per heavy atom. The van der Waals surface area contributed by atoms with Gasteiger partial charge in [0.05, 0.1) is 15.2 Å². The molecule has 26 heavy (non-hydrogen) atoms. The Bertz CT molecular complexity index is 927. The molecule has 5 rings (SSSR count). The first-order chi connectivity index (χ1) is 12.8. The van der Waals surface area contributed by atoms with Gasteiger partial charge in [-0.1, -0.05) is 12.1 Å². The molecular formula is C20H22N4OS. The van der Waals surface area contributed by atoms with Gasteiger partial charge in [-0.15, -0.1) is 11.3 Å². The Labute approximate surface area is 156 Å². The van der Waals surface area contributed by atoms with Crippen LogP contribution in [0.15, 0.2) is 30.5 Å². The molecule has 1 fully saturated rings. The molecule has 1 aromatic carbocycles. The molecule has 4 heterocycles. The van der Waals surface area contributed by atoms with Gasteiger partial charge in [0.15, 0.2) is 5.82 Å². The van der Waals surface area contributed by atoms with Crippen molar-refractivity contribution in [1.82, 2.24) is 19.4 Å². The van der Waals surface area contributed by atoms with Gasteiger partial charge >= 0.3 is 0 Å². The highest BCUT2D eigenvalue weighted by atomic mass is 32.1. The number of piperidine rings is 1. The van der Waals surface area contributed by atoms with Crippen LogP contribution >= 0.6 is 11.3 Å². The van der Waals surface area contributed by atoms with E-state index in [0.29, 0.717) is 11.7 Å². The molecule has 0 bridgehead atoms. The standard InChI is InChI=1S/C20H22N4OS/c25-20(18-21-12-15-7-3-4-11-24(15)18)23-10-5-6-14(13-23)19-22-16-8-1-2-9-17(16)26-19/h1-2,8-9,12,14H,3-7,10-11,13H2. The van der Waals surface area contributed by atoms with Gasteiger partial charge in [-0.25, -0.2) is 9.97 Å². The Hall–Kier alpha value is -2.21. The number of rotatable bonds is 2. The van der Waals surface area contributed by atoms with E-state index in [1.165, 1.54) is 16.8 Å². The topological polar surface area (TPSA) is 51.0 Å². The van der Waals surface area contributed by atoms with Gasteiger partial charge in [-0.3, -0.25) is 4.79 Å². The van der Waals surface area contributed by atoms with Gasteiger partial charge in [0, 0.05) is 37.4 Å². The van der Waals surface area contributed by atoms with Crippen LogP contribution in [0.5, 0.6) is 0 Å². The lowest BCUT2D eigenvalue weighted by Gasteiger charge is -2.32. The van der Waals surface area contributed by atoms with E-state index in [1.807, 2.05) is 17.2 Å². The van der Waals surface area contributed by atoms with E-state index in [1.54, 1.807) is 11.3 Å². The number of aryl methyl sites for hydroxylation is 1. The van der Waals surface area contributed by atoms with Crippen molar-refractivity contribution in [2.45, 2.75) is 44.6 Å². The molecular weight excluding hydrogens is 344 g/mol. The lowest BCUT2D eigenvalue weighted by molar-refractivity contribution is 0.0688. The highest BCUT2D eigenvalue weighted by molar-refractivity contribution is 7.18. The van der Waals surface area contributed by atoms with Crippen molar-refractivity contribution in [1.29, 1.82) is 0 Å². The number of thiazole rings is 1. The van der Waals surface area contributed by atoms with E-state index < -0.39 is 0 Å². The second-order valence-corrected chi connectivity index (χ2v) is 8.35. The highest BCUT2D eigenvalue weighted by Gasteiger charge is 2.30. The Kier molecular flexibility index (Phi) is 4.00. The fourth-order valence-corrected chi connectivity index (χ4v) is 5.27. The van der Waals surface area contributed by atoms with E-state index >= 15 is 0 Å². The molecule has 1 atom stereocenters. The summed E-state index contributed by atoms with van der Waals surface area (Å²) in [6.45, 7) is 2.49. The van der Waals surface area contributed by atoms with Crippen molar-refractivity contribution in [2.24, 2.45) is 0 Å². The molecule has 2 aromatic heterocycles. The molecule has 0 aliphatic carbocycles. The van der Waals surface area contributed by atoms with E-state index in [9.17, 15) is 4.79 Å². The van der Waals surface area contributed by atoms with Crippen LogP contribution in [-0.2, 0) is 13.0 Å². The summed E-state index contributed by atoms with van der Waals surface area (Å²) in [6, 6.07) is 8.28. The number of benzene rings is 1. The Morgan fingerprint density at radius 2 is 2.08 bits per heavy atom. The monoisotopic (exact) mass is 366 g/mol. The number of amides is 1. The van der Waals surface area contributed by atoms with Gasteiger partial charge < -0.3 is 9.47 Å². The van der Waals surface area contributed by atoms with Crippen molar-refractivity contribution in [2.75, 3.05) is 13.1 Å². The van der Waals surface area contributed by atoms with E-state index in [2.05, 4.69) is 27.8 Å². The first-order valence-corrected chi connectivity index (χ1v) is 10.3. The number of nitrogens with zero attached hydrogens (tertiary/aromatic N) is 4. The van der Waals surface area contributed by atoms with Crippen LogP contribution in [0.4, 0.5) is 0 Å². The number of imidazole rings is 1. The van der Waals surface area contributed by atoms with Crippen molar-refractivity contribution < 1.29 is 4.79 Å². The van der Waals surface area contributed by atoms with Gasteiger partial charge in [0.25, 0.3) is 5.91 Å². The smallest absolute Gasteiger partial charge is 0.289 e. The third-order valence-electron chi connectivity index (χ3n) is 5.56. The first kappa shape index (κ1) is 16.0. The molecule has 5 nitrogen and oxygen atoms in total. The van der Waals surface area contributed by atoms with Crippen LogP contribution in [0.1, 0.15) is 52.9 Å². The number of likely N-dealkylation sites (tertiary alicyclic amines) is 1. The summed E-state index contributed by atoms with van der Waals surface area (Å²) in [7, 11) is 0.